The first-order valence-electron chi connectivity index (χ1n) is 4.45. The number of rotatable bonds is 1. The van der Waals surface area contributed by atoms with Gasteiger partial charge in [0.25, 0.3) is 0 Å². The van der Waals surface area contributed by atoms with Gasteiger partial charge in [-0.1, -0.05) is 12.2 Å². The maximum Gasteiger partial charge on any atom is 0.120 e. The minimum atomic E-state index is -0.264. The van der Waals surface area contributed by atoms with Crippen LogP contribution in [0.1, 0.15) is 6.42 Å². The van der Waals surface area contributed by atoms with Crippen LogP contribution in [-0.4, -0.2) is 36.1 Å². The van der Waals surface area contributed by atoms with Crippen LogP contribution >= 0.6 is 0 Å². The van der Waals surface area contributed by atoms with E-state index in [0.29, 0.717) is 5.92 Å². The van der Waals surface area contributed by atoms with Crippen molar-refractivity contribution in [2.24, 2.45) is 5.92 Å². The molecule has 0 aromatic heterocycles. The zero-order valence-electron chi connectivity index (χ0n) is 6.77. The highest BCUT2D eigenvalue weighted by atomic mass is 16.6. The summed E-state index contributed by atoms with van der Waals surface area (Å²) in [5, 5.41) is 9.09. The quantitative estimate of drug-likeness (QED) is 0.564. The number of hydrogen-bond acceptors (Lipinski definition) is 3. The topological polar surface area (TPSA) is 38.7 Å². The molecule has 3 heteroatoms. The van der Waals surface area contributed by atoms with Crippen LogP contribution in [0.4, 0.5) is 0 Å². The van der Waals surface area contributed by atoms with Gasteiger partial charge in [0.2, 0.25) is 0 Å². The largest absolute Gasteiger partial charge is 0.394 e. The first-order valence-corrected chi connectivity index (χ1v) is 4.45. The van der Waals surface area contributed by atoms with Crippen molar-refractivity contribution in [2.75, 3.05) is 13.2 Å². The molecule has 12 heavy (non-hydrogen) atoms. The number of fused-ring (bicyclic) bond motifs is 1. The van der Waals surface area contributed by atoms with Crippen molar-refractivity contribution in [3.8, 4) is 0 Å². The summed E-state index contributed by atoms with van der Waals surface area (Å²) in [5.74, 6) is 0.477. The Morgan fingerprint density at radius 1 is 1.58 bits per heavy atom. The summed E-state index contributed by atoms with van der Waals surface area (Å²) in [6.07, 6.45) is 5.39. The van der Waals surface area contributed by atoms with Gasteiger partial charge < -0.3 is 14.6 Å². The number of ether oxygens (including phenoxy) is 2. The summed E-state index contributed by atoms with van der Waals surface area (Å²) in [6.45, 7) is 0.805. The molecule has 3 rings (SSSR count). The molecule has 4 atom stereocenters. The van der Waals surface area contributed by atoms with Crippen LogP contribution in [0.2, 0.25) is 0 Å². The Morgan fingerprint density at radius 3 is 3.25 bits per heavy atom. The van der Waals surface area contributed by atoms with Crippen LogP contribution < -0.4 is 0 Å². The Bertz CT molecular complexity index is 238. The summed E-state index contributed by atoms with van der Waals surface area (Å²) in [5.41, 5.74) is -0.264. The maximum atomic E-state index is 9.09. The number of aliphatic hydroxyl groups is 1. The van der Waals surface area contributed by atoms with Crippen LogP contribution in [0.3, 0.4) is 0 Å². The lowest BCUT2D eigenvalue weighted by molar-refractivity contribution is -0.0654. The number of hydrogen-bond donors (Lipinski definition) is 1. The lowest BCUT2D eigenvalue weighted by Gasteiger charge is -2.26. The molecule has 0 aromatic carbocycles. The van der Waals surface area contributed by atoms with Crippen LogP contribution in [0.15, 0.2) is 12.2 Å². The molecule has 0 saturated carbocycles. The second kappa shape index (κ2) is 2.10. The summed E-state index contributed by atoms with van der Waals surface area (Å²) in [7, 11) is 0. The average Bonchev–Trinajstić information content (AvgIpc) is 2.68. The van der Waals surface area contributed by atoms with E-state index in [9.17, 15) is 0 Å². The second-order valence-corrected chi connectivity index (χ2v) is 3.81. The van der Waals surface area contributed by atoms with Gasteiger partial charge in [0, 0.05) is 5.92 Å². The zero-order chi connectivity index (χ0) is 8.18. The second-order valence-electron chi connectivity index (χ2n) is 3.81. The van der Waals surface area contributed by atoms with Crippen LogP contribution in [0.5, 0.6) is 0 Å². The molecule has 0 amide bonds. The highest BCUT2D eigenvalue weighted by Gasteiger charge is 2.59. The molecular weight excluding hydrogens is 156 g/mol. The maximum absolute atomic E-state index is 9.09. The summed E-state index contributed by atoms with van der Waals surface area (Å²) >= 11 is 0. The molecule has 0 aliphatic carbocycles. The first-order chi connectivity index (χ1) is 5.85. The van der Waals surface area contributed by atoms with Gasteiger partial charge in [0.15, 0.2) is 0 Å². The van der Waals surface area contributed by atoms with E-state index in [0.717, 1.165) is 13.0 Å². The SMILES string of the molecule is OC[C@@H]1OC[C@@H]2C[C@H]3C=C[C@]21O3. The third-order valence-electron chi connectivity index (χ3n) is 3.25. The third-order valence-corrected chi connectivity index (χ3v) is 3.25. The fourth-order valence-corrected chi connectivity index (χ4v) is 2.62. The van der Waals surface area contributed by atoms with E-state index < -0.39 is 0 Å². The molecule has 3 nitrogen and oxygen atoms in total. The van der Waals surface area contributed by atoms with Gasteiger partial charge >= 0.3 is 0 Å². The minimum absolute atomic E-state index is 0.0631. The molecule has 3 heterocycles. The molecule has 0 radical (unpaired) electrons. The van der Waals surface area contributed by atoms with E-state index in [1.165, 1.54) is 0 Å². The average molecular weight is 168 g/mol. The predicted molar refractivity (Wildman–Crippen MR) is 41.7 cm³/mol. The molecule has 1 spiro atoms. The standard InChI is InChI=1S/C9H12O3/c10-4-8-9-2-1-7(12-9)3-6(9)5-11-8/h1-2,6-8,10H,3-5H2/t6-,7+,8-,9-/m0/s1. The molecule has 1 N–H and O–H groups in total. The highest BCUT2D eigenvalue weighted by molar-refractivity contribution is 5.25. The van der Waals surface area contributed by atoms with Crippen molar-refractivity contribution in [1.82, 2.24) is 0 Å². The molecule has 2 saturated heterocycles. The van der Waals surface area contributed by atoms with Gasteiger partial charge in [-0.25, -0.2) is 0 Å². The van der Waals surface area contributed by atoms with E-state index in [1.807, 2.05) is 0 Å². The first kappa shape index (κ1) is 7.06. The van der Waals surface area contributed by atoms with Crippen LogP contribution in [0, 0.1) is 5.92 Å². The van der Waals surface area contributed by atoms with Gasteiger partial charge in [0.1, 0.15) is 11.7 Å². The summed E-state index contributed by atoms with van der Waals surface area (Å²) in [4.78, 5) is 0. The third kappa shape index (κ3) is 0.632. The highest BCUT2D eigenvalue weighted by Crippen LogP contribution is 2.49. The van der Waals surface area contributed by atoms with Crippen molar-refractivity contribution >= 4 is 0 Å². The van der Waals surface area contributed by atoms with E-state index >= 15 is 0 Å². The van der Waals surface area contributed by atoms with Crippen molar-refractivity contribution in [2.45, 2.75) is 24.2 Å². The van der Waals surface area contributed by atoms with Crippen molar-refractivity contribution < 1.29 is 14.6 Å². The molecule has 66 valence electrons. The van der Waals surface area contributed by atoms with Crippen LogP contribution in [0.25, 0.3) is 0 Å². The fourth-order valence-electron chi connectivity index (χ4n) is 2.62. The molecule has 0 aromatic rings. The van der Waals surface area contributed by atoms with Crippen molar-refractivity contribution in [3.63, 3.8) is 0 Å². The molecule has 3 aliphatic rings. The molecule has 2 bridgehead atoms. The fraction of sp³-hybridized carbons (Fsp3) is 0.778. The van der Waals surface area contributed by atoms with Gasteiger partial charge in [-0.2, -0.15) is 0 Å². The monoisotopic (exact) mass is 168 g/mol. The normalized spacial score (nSPS) is 54.9. The van der Waals surface area contributed by atoms with E-state index in [1.54, 1.807) is 0 Å². The van der Waals surface area contributed by atoms with Gasteiger partial charge in [0.05, 0.1) is 19.3 Å². The van der Waals surface area contributed by atoms with Crippen LogP contribution in [-0.2, 0) is 9.47 Å². The number of aliphatic hydroxyl groups excluding tert-OH is 1. The van der Waals surface area contributed by atoms with Crippen molar-refractivity contribution in [1.29, 1.82) is 0 Å². The van der Waals surface area contributed by atoms with Gasteiger partial charge in [-0.3, -0.25) is 0 Å². The van der Waals surface area contributed by atoms with E-state index in [4.69, 9.17) is 14.6 Å². The molecule has 0 unspecified atom stereocenters. The molecule has 2 fully saturated rings. The Labute approximate surface area is 71.0 Å². The smallest absolute Gasteiger partial charge is 0.120 e. The van der Waals surface area contributed by atoms with E-state index in [-0.39, 0.29) is 24.4 Å². The van der Waals surface area contributed by atoms with E-state index in [2.05, 4.69) is 12.2 Å². The van der Waals surface area contributed by atoms with Gasteiger partial charge in [-0.15, -0.1) is 0 Å². The van der Waals surface area contributed by atoms with Gasteiger partial charge in [-0.05, 0) is 6.42 Å². The van der Waals surface area contributed by atoms with Crippen molar-refractivity contribution in [3.05, 3.63) is 12.2 Å². The summed E-state index contributed by atoms with van der Waals surface area (Å²) < 4.78 is 11.3. The summed E-state index contributed by atoms with van der Waals surface area (Å²) in [6, 6.07) is 0. The lowest BCUT2D eigenvalue weighted by Crippen LogP contribution is -2.41. The molecular formula is C9H12O3. The predicted octanol–water partition coefficient (Wildman–Crippen LogP) is 0.0912. The molecule has 3 aliphatic heterocycles. The Balaban J connectivity index is 1.99. The minimum Gasteiger partial charge on any atom is -0.394 e. The Kier molecular flexibility index (Phi) is 1.24. The Morgan fingerprint density at radius 2 is 2.50 bits per heavy atom. The lowest BCUT2D eigenvalue weighted by atomic mass is 9.82. The zero-order valence-corrected chi connectivity index (χ0v) is 6.77. The Hall–Kier alpha value is -0.380.